The Hall–Kier alpha value is -0.383. The SMILES string of the molecule is O1C2OC3OC4OC1OC1OC(O4)O[SiH]4OC(O3)OC(O2)OC(O1)O4. The molecule has 15 nitrogen and oxygen atoms in total. The van der Waals surface area contributed by atoms with Crippen molar-refractivity contribution in [1.82, 2.24) is 0 Å². The van der Waals surface area contributed by atoms with Crippen molar-refractivity contribution in [3.05, 3.63) is 0 Å². The first-order valence-corrected chi connectivity index (χ1v) is 8.49. The van der Waals surface area contributed by atoms with Crippen LogP contribution in [0.25, 0.3) is 0 Å². The summed E-state index contributed by atoms with van der Waals surface area (Å²) in [6, 6.07) is 0. The van der Waals surface area contributed by atoms with E-state index in [4.69, 9.17) is 70.1 Å². The molecule has 25 heavy (non-hydrogen) atoms. The van der Waals surface area contributed by atoms with Crippen molar-refractivity contribution in [3.8, 4) is 0 Å². The summed E-state index contributed by atoms with van der Waals surface area (Å²) in [5.74, 6) is 0. The van der Waals surface area contributed by atoms with E-state index >= 15 is 0 Å². The van der Waals surface area contributed by atoms with Gasteiger partial charge >= 0.3 is 9.53 Å². The van der Waals surface area contributed by atoms with E-state index in [2.05, 4.69) is 0 Å². The van der Waals surface area contributed by atoms with Crippen molar-refractivity contribution in [2.45, 2.75) is 58.3 Å². The Morgan fingerprint density at radius 1 is 0.280 bits per heavy atom. The lowest BCUT2D eigenvalue weighted by atomic mass is 10.9. The maximum atomic E-state index is 5.50. The van der Waals surface area contributed by atoms with Crippen LogP contribution < -0.4 is 0 Å². The number of rotatable bonds is 0. The van der Waals surface area contributed by atoms with Crippen molar-refractivity contribution in [2.75, 3.05) is 0 Å². The van der Waals surface area contributed by atoms with Crippen LogP contribution in [0.15, 0.2) is 0 Å². The molecule has 5 aliphatic rings. The van der Waals surface area contributed by atoms with E-state index in [1.807, 2.05) is 0 Å². The summed E-state index contributed by atoms with van der Waals surface area (Å²) < 4.78 is 80.9. The molecule has 0 amide bonds. The van der Waals surface area contributed by atoms with Gasteiger partial charge < -0.3 is 13.3 Å². The molecule has 16 heteroatoms. The molecule has 0 spiro atoms. The van der Waals surface area contributed by atoms with Crippen LogP contribution in [0, 0.1) is 0 Å². The molecule has 0 N–H and O–H groups in total. The molecule has 0 aromatic carbocycles. The molecule has 8 unspecified atom stereocenters. The lowest BCUT2D eigenvalue weighted by Gasteiger charge is -2.46. The maximum absolute atomic E-state index is 5.50. The third-order valence-corrected chi connectivity index (χ3v) is 4.67. The number of ether oxygens (including phenoxy) is 12. The fraction of sp³-hybridized carbons (Fsp3) is 1.00. The van der Waals surface area contributed by atoms with Crippen LogP contribution in [-0.2, 0) is 70.1 Å². The predicted molar refractivity (Wildman–Crippen MR) is 57.5 cm³/mol. The van der Waals surface area contributed by atoms with E-state index < -0.39 is 67.8 Å². The lowest BCUT2D eigenvalue weighted by molar-refractivity contribution is -0.639. The summed E-state index contributed by atoms with van der Waals surface area (Å²) in [4.78, 5) is 0. The van der Waals surface area contributed by atoms with Crippen LogP contribution in [0.1, 0.15) is 0 Å². The molecule has 0 radical (unpaired) electrons. The molecule has 10 bridgehead atoms. The fourth-order valence-corrected chi connectivity index (χ4v) is 3.44. The molecule has 5 rings (SSSR count). The Morgan fingerprint density at radius 3 is 0.720 bits per heavy atom. The Kier molecular flexibility index (Phi) is 3.80. The van der Waals surface area contributed by atoms with Gasteiger partial charge in [-0.05, 0) is 0 Å². The van der Waals surface area contributed by atoms with Gasteiger partial charge in [0.15, 0.2) is 0 Å². The zero-order valence-corrected chi connectivity index (χ0v) is 13.1. The second-order valence-corrected chi connectivity index (χ2v) is 6.32. The normalized spacial score (nSPS) is 57.6. The second-order valence-electron chi connectivity index (χ2n) is 4.93. The van der Waals surface area contributed by atoms with Gasteiger partial charge in [-0.2, -0.15) is 0 Å². The first-order chi connectivity index (χ1) is 12.2. The van der Waals surface area contributed by atoms with Crippen LogP contribution in [0.4, 0.5) is 0 Å². The summed E-state index contributed by atoms with van der Waals surface area (Å²) in [5.41, 5.74) is 0. The van der Waals surface area contributed by atoms with Crippen molar-refractivity contribution >= 4 is 9.53 Å². The standard InChI is InChI=1S/C9H10O15Si/c10-1-11-3-15-4-12-2(10)14-6-19-8(17-4)23-25-22-7(16-3)18-5(13-1)20-9(21-6)24-25/h1-9,25H. The predicted octanol–water partition coefficient (Wildman–Crippen LogP) is -2.41. The Morgan fingerprint density at radius 2 is 0.480 bits per heavy atom. The first-order valence-electron chi connectivity index (χ1n) is 7.07. The quantitative estimate of drug-likeness (QED) is 0.408. The van der Waals surface area contributed by atoms with Gasteiger partial charge in [-0.25, -0.2) is 0 Å². The summed E-state index contributed by atoms with van der Waals surface area (Å²) in [6.07, 6.45) is 0. The summed E-state index contributed by atoms with van der Waals surface area (Å²) in [6.45, 7) is -12.7. The fourth-order valence-electron chi connectivity index (χ4n) is 2.32. The van der Waals surface area contributed by atoms with Crippen molar-refractivity contribution in [3.63, 3.8) is 0 Å². The average Bonchev–Trinajstić information content (AvgIpc) is 2.46. The van der Waals surface area contributed by atoms with Crippen LogP contribution in [0.2, 0.25) is 0 Å². The molecule has 8 atom stereocenters. The average molecular weight is 386 g/mol. The minimum absolute atomic E-state index is 1.38. The highest BCUT2D eigenvalue weighted by Crippen LogP contribution is 2.33. The molecule has 0 aromatic rings. The van der Waals surface area contributed by atoms with Gasteiger partial charge in [-0.1, -0.05) is 0 Å². The topological polar surface area (TPSA) is 138 Å². The minimum Gasteiger partial charge on any atom is -0.325 e. The van der Waals surface area contributed by atoms with Crippen molar-refractivity contribution in [1.29, 1.82) is 0 Å². The highest BCUT2D eigenvalue weighted by molar-refractivity contribution is 6.36. The monoisotopic (exact) mass is 386 g/mol. The zero-order chi connectivity index (χ0) is 16.4. The minimum atomic E-state index is -3.00. The van der Waals surface area contributed by atoms with E-state index in [9.17, 15) is 0 Å². The molecule has 0 aliphatic carbocycles. The number of hydrogen-bond acceptors (Lipinski definition) is 15. The third kappa shape index (κ3) is 3.11. The molecule has 5 aliphatic heterocycles. The summed E-state index contributed by atoms with van der Waals surface area (Å²) in [7, 11) is -3.00. The smallest absolute Gasteiger partial charge is 0.325 e. The van der Waals surface area contributed by atoms with Gasteiger partial charge in [0.05, 0.1) is 0 Å². The molecular formula is C9H10O15Si. The largest absolute Gasteiger partial charge is 0.495 e. The van der Waals surface area contributed by atoms with Gasteiger partial charge in [0.25, 0.3) is 58.3 Å². The number of fused-ring (bicyclic) bond motifs is 10. The van der Waals surface area contributed by atoms with Crippen LogP contribution in [-0.4, -0.2) is 67.8 Å². The molecule has 140 valence electrons. The van der Waals surface area contributed by atoms with Crippen molar-refractivity contribution < 1.29 is 70.1 Å². The molecule has 0 aromatic heterocycles. The van der Waals surface area contributed by atoms with Gasteiger partial charge in [0.1, 0.15) is 0 Å². The van der Waals surface area contributed by atoms with Crippen LogP contribution >= 0.6 is 0 Å². The molecule has 5 fully saturated rings. The van der Waals surface area contributed by atoms with Crippen molar-refractivity contribution in [2.24, 2.45) is 0 Å². The third-order valence-electron chi connectivity index (χ3n) is 3.33. The second kappa shape index (κ2) is 6.07. The zero-order valence-electron chi connectivity index (χ0n) is 11.9. The van der Waals surface area contributed by atoms with Gasteiger partial charge in [0, 0.05) is 0 Å². The Bertz CT molecular complexity index is 359. The molecule has 5 heterocycles. The molecule has 5 saturated heterocycles. The van der Waals surface area contributed by atoms with Gasteiger partial charge in [-0.3, -0.25) is 56.8 Å². The van der Waals surface area contributed by atoms with Gasteiger partial charge in [-0.15, -0.1) is 0 Å². The Labute approximate surface area is 139 Å². The van der Waals surface area contributed by atoms with E-state index in [1.54, 1.807) is 0 Å². The van der Waals surface area contributed by atoms with E-state index in [1.165, 1.54) is 0 Å². The number of hydrogen-bond donors (Lipinski definition) is 0. The van der Waals surface area contributed by atoms with Gasteiger partial charge in [0.2, 0.25) is 0 Å². The lowest BCUT2D eigenvalue weighted by Crippen LogP contribution is -2.60. The molecular weight excluding hydrogens is 376 g/mol. The summed E-state index contributed by atoms with van der Waals surface area (Å²) >= 11 is 0. The maximum Gasteiger partial charge on any atom is 0.495 e. The highest BCUT2D eigenvalue weighted by atomic mass is 28.3. The first kappa shape index (κ1) is 15.7. The summed E-state index contributed by atoms with van der Waals surface area (Å²) in [5, 5.41) is 0. The van der Waals surface area contributed by atoms with E-state index in [-0.39, 0.29) is 0 Å². The van der Waals surface area contributed by atoms with Crippen LogP contribution in [0.3, 0.4) is 0 Å². The van der Waals surface area contributed by atoms with E-state index in [0.717, 1.165) is 0 Å². The van der Waals surface area contributed by atoms with Crippen LogP contribution in [0.5, 0.6) is 0 Å². The Balaban J connectivity index is 1.45. The molecule has 0 saturated carbocycles. The van der Waals surface area contributed by atoms with E-state index in [0.29, 0.717) is 0 Å². The highest BCUT2D eigenvalue weighted by Gasteiger charge is 2.50.